The topological polar surface area (TPSA) is 73.8 Å². The van der Waals surface area contributed by atoms with Gasteiger partial charge in [-0.05, 0) is 53.6 Å². The number of nitrogens with one attached hydrogen (secondary N) is 2. The number of hydrogen-bond acceptors (Lipinski definition) is 4. The standard InChI is InChI=1S/C25H23ClN4O2/c1-30(2)22-13-11-18(12-14-22)16-23(28-24(31)20-8-4-3-5-9-20)25(32)29-27-17-19-7-6-10-21(26)15-19/h3-17H,1-2H3,(H,28,31)(H,29,32)/b23-16+,27-17+. The number of hydrogen-bond donors (Lipinski definition) is 2. The van der Waals surface area contributed by atoms with Crippen molar-refractivity contribution >= 4 is 41.4 Å². The van der Waals surface area contributed by atoms with Gasteiger partial charge in [0.2, 0.25) is 0 Å². The van der Waals surface area contributed by atoms with E-state index in [-0.39, 0.29) is 5.70 Å². The van der Waals surface area contributed by atoms with Crippen molar-refractivity contribution in [3.8, 4) is 0 Å². The first-order valence-electron chi connectivity index (χ1n) is 9.87. The average molecular weight is 447 g/mol. The molecule has 162 valence electrons. The van der Waals surface area contributed by atoms with E-state index in [0.29, 0.717) is 10.6 Å². The lowest BCUT2D eigenvalue weighted by Crippen LogP contribution is -2.32. The average Bonchev–Trinajstić information content (AvgIpc) is 2.79. The quantitative estimate of drug-likeness (QED) is 0.322. The van der Waals surface area contributed by atoms with Gasteiger partial charge in [-0.2, -0.15) is 5.10 Å². The Kier molecular flexibility index (Phi) is 7.78. The minimum absolute atomic E-state index is 0.0692. The second kappa shape index (κ2) is 10.9. The molecule has 7 heteroatoms. The fourth-order valence-corrected chi connectivity index (χ4v) is 2.99. The van der Waals surface area contributed by atoms with Crippen molar-refractivity contribution in [1.29, 1.82) is 0 Å². The van der Waals surface area contributed by atoms with Crippen molar-refractivity contribution in [3.05, 3.63) is 106 Å². The predicted octanol–water partition coefficient (Wildman–Crippen LogP) is 4.33. The normalized spacial score (nSPS) is 11.3. The molecule has 3 rings (SSSR count). The molecule has 6 nitrogen and oxygen atoms in total. The van der Waals surface area contributed by atoms with Crippen LogP contribution in [0, 0.1) is 0 Å². The minimum atomic E-state index is -0.552. The van der Waals surface area contributed by atoms with Crippen LogP contribution < -0.4 is 15.6 Å². The fourth-order valence-electron chi connectivity index (χ4n) is 2.79. The molecule has 0 saturated heterocycles. The van der Waals surface area contributed by atoms with E-state index in [4.69, 9.17) is 11.6 Å². The maximum Gasteiger partial charge on any atom is 0.287 e. The lowest BCUT2D eigenvalue weighted by atomic mass is 10.1. The van der Waals surface area contributed by atoms with Crippen LogP contribution in [-0.4, -0.2) is 32.1 Å². The van der Waals surface area contributed by atoms with Crippen LogP contribution in [0.2, 0.25) is 5.02 Å². The van der Waals surface area contributed by atoms with E-state index in [2.05, 4.69) is 15.8 Å². The number of carbonyl (C=O) groups excluding carboxylic acids is 2. The molecule has 0 unspecified atom stereocenters. The number of rotatable bonds is 7. The first-order valence-corrected chi connectivity index (χ1v) is 10.2. The third-order valence-corrected chi connectivity index (χ3v) is 4.71. The monoisotopic (exact) mass is 446 g/mol. The van der Waals surface area contributed by atoms with E-state index in [1.54, 1.807) is 48.5 Å². The van der Waals surface area contributed by atoms with Crippen LogP contribution in [0.15, 0.2) is 89.7 Å². The van der Waals surface area contributed by atoms with Gasteiger partial charge < -0.3 is 10.2 Å². The Morgan fingerprint density at radius 3 is 2.28 bits per heavy atom. The Morgan fingerprint density at radius 1 is 0.906 bits per heavy atom. The van der Waals surface area contributed by atoms with Crippen molar-refractivity contribution in [2.24, 2.45) is 5.10 Å². The second-order valence-electron chi connectivity index (χ2n) is 7.12. The number of benzene rings is 3. The van der Waals surface area contributed by atoms with Gasteiger partial charge in [-0.15, -0.1) is 0 Å². The van der Waals surface area contributed by atoms with E-state index in [1.807, 2.05) is 55.4 Å². The van der Waals surface area contributed by atoms with Crippen LogP contribution in [0.3, 0.4) is 0 Å². The van der Waals surface area contributed by atoms with Gasteiger partial charge in [0.05, 0.1) is 6.21 Å². The third kappa shape index (κ3) is 6.55. The highest BCUT2D eigenvalue weighted by molar-refractivity contribution is 6.30. The highest BCUT2D eigenvalue weighted by atomic mass is 35.5. The zero-order valence-electron chi connectivity index (χ0n) is 17.7. The Morgan fingerprint density at radius 2 is 1.62 bits per heavy atom. The van der Waals surface area contributed by atoms with E-state index in [9.17, 15) is 9.59 Å². The van der Waals surface area contributed by atoms with Crippen LogP contribution >= 0.6 is 11.6 Å². The molecule has 3 aromatic carbocycles. The lowest BCUT2D eigenvalue weighted by Gasteiger charge is -2.12. The molecular formula is C25H23ClN4O2. The van der Waals surface area contributed by atoms with Crippen LogP contribution in [0.25, 0.3) is 6.08 Å². The molecule has 0 aliphatic heterocycles. The van der Waals surface area contributed by atoms with E-state index >= 15 is 0 Å². The number of amides is 2. The number of anilines is 1. The summed E-state index contributed by atoms with van der Waals surface area (Å²) in [6.07, 6.45) is 3.08. The summed E-state index contributed by atoms with van der Waals surface area (Å²) >= 11 is 5.96. The second-order valence-corrected chi connectivity index (χ2v) is 7.55. The summed E-state index contributed by atoms with van der Waals surface area (Å²) in [6, 6.07) is 23.3. The number of carbonyl (C=O) groups is 2. The van der Waals surface area contributed by atoms with Crippen LogP contribution in [0.1, 0.15) is 21.5 Å². The minimum Gasteiger partial charge on any atom is -0.378 e. The van der Waals surface area contributed by atoms with Gasteiger partial charge in [-0.25, -0.2) is 5.43 Å². The molecule has 0 aromatic heterocycles. The molecular weight excluding hydrogens is 424 g/mol. The molecule has 2 amide bonds. The van der Waals surface area contributed by atoms with Crippen molar-refractivity contribution in [3.63, 3.8) is 0 Å². The van der Waals surface area contributed by atoms with Crippen molar-refractivity contribution in [2.75, 3.05) is 19.0 Å². The molecule has 0 aliphatic rings. The van der Waals surface area contributed by atoms with Gasteiger partial charge in [0.15, 0.2) is 0 Å². The molecule has 0 heterocycles. The molecule has 0 atom stereocenters. The van der Waals surface area contributed by atoms with E-state index in [0.717, 1.165) is 16.8 Å². The van der Waals surface area contributed by atoms with Crippen LogP contribution in [0.4, 0.5) is 5.69 Å². The van der Waals surface area contributed by atoms with E-state index in [1.165, 1.54) is 6.21 Å². The van der Waals surface area contributed by atoms with E-state index < -0.39 is 11.8 Å². The summed E-state index contributed by atoms with van der Waals surface area (Å²) in [5, 5.41) is 7.23. The summed E-state index contributed by atoms with van der Waals surface area (Å²) in [5.74, 6) is -0.944. The largest absolute Gasteiger partial charge is 0.378 e. The third-order valence-electron chi connectivity index (χ3n) is 4.48. The van der Waals surface area contributed by atoms with Crippen LogP contribution in [0.5, 0.6) is 0 Å². The van der Waals surface area contributed by atoms with Gasteiger partial charge in [0, 0.05) is 30.4 Å². The Hall–Kier alpha value is -3.90. The highest BCUT2D eigenvalue weighted by Crippen LogP contribution is 2.15. The van der Waals surface area contributed by atoms with Gasteiger partial charge in [0.25, 0.3) is 11.8 Å². The summed E-state index contributed by atoms with van der Waals surface area (Å²) in [5.41, 5.74) is 5.47. The molecule has 0 spiro atoms. The molecule has 0 radical (unpaired) electrons. The van der Waals surface area contributed by atoms with Crippen molar-refractivity contribution in [2.45, 2.75) is 0 Å². The van der Waals surface area contributed by atoms with Crippen LogP contribution in [-0.2, 0) is 4.79 Å². The smallest absolute Gasteiger partial charge is 0.287 e. The lowest BCUT2D eigenvalue weighted by molar-refractivity contribution is -0.117. The maximum atomic E-state index is 12.8. The molecule has 3 aromatic rings. The molecule has 0 aliphatic carbocycles. The number of halogens is 1. The number of nitrogens with zero attached hydrogens (tertiary/aromatic N) is 2. The SMILES string of the molecule is CN(C)c1ccc(/C=C(/NC(=O)c2ccccc2)C(=O)N/N=C/c2cccc(Cl)c2)cc1. The van der Waals surface area contributed by atoms with Gasteiger partial charge >= 0.3 is 0 Å². The fraction of sp³-hybridized carbons (Fsp3) is 0.0800. The van der Waals surface area contributed by atoms with Gasteiger partial charge in [-0.1, -0.05) is 54.1 Å². The van der Waals surface area contributed by atoms with Crippen molar-refractivity contribution in [1.82, 2.24) is 10.7 Å². The first kappa shape index (κ1) is 22.8. The number of hydrazone groups is 1. The van der Waals surface area contributed by atoms with Gasteiger partial charge in [0.1, 0.15) is 5.70 Å². The molecule has 32 heavy (non-hydrogen) atoms. The summed E-state index contributed by atoms with van der Waals surface area (Å²) < 4.78 is 0. The van der Waals surface area contributed by atoms with Gasteiger partial charge in [-0.3, -0.25) is 9.59 Å². The summed E-state index contributed by atoms with van der Waals surface area (Å²) in [4.78, 5) is 27.4. The molecule has 0 bridgehead atoms. The molecule has 0 saturated carbocycles. The Labute approximate surface area is 192 Å². The molecule has 2 N–H and O–H groups in total. The summed E-state index contributed by atoms with van der Waals surface area (Å²) in [6.45, 7) is 0. The zero-order valence-corrected chi connectivity index (χ0v) is 18.5. The Bertz CT molecular complexity index is 1140. The maximum absolute atomic E-state index is 12.8. The Balaban J connectivity index is 1.81. The predicted molar refractivity (Wildman–Crippen MR) is 130 cm³/mol. The first-order chi connectivity index (χ1) is 15.4. The zero-order chi connectivity index (χ0) is 22.9. The summed E-state index contributed by atoms with van der Waals surface area (Å²) in [7, 11) is 3.89. The molecule has 0 fully saturated rings. The highest BCUT2D eigenvalue weighted by Gasteiger charge is 2.14. The van der Waals surface area contributed by atoms with Crippen molar-refractivity contribution < 1.29 is 9.59 Å².